The van der Waals surface area contributed by atoms with Crippen molar-refractivity contribution in [3.8, 4) is 17.2 Å². The summed E-state index contributed by atoms with van der Waals surface area (Å²) >= 11 is 6.46. The van der Waals surface area contributed by atoms with Crippen molar-refractivity contribution in [2.45, 2.75) is 38.0 Å². The van der Waals surface area contributed by atoms with Gasteiger partial charge in [0.15, 0.2) is 11.5 Å². The highest BCUT2D eigenvalue weighted by Crippen LogP contribution is 2.65. The summed E-state index contributed by atoms with van der Waals surface area (Å²) in [6.07, 6.45) is 2.37. The maximum Gasteiger partial charge on any atom is 0.260 e. The third kappa shape index (κ3) is 5.06. The summed E-state index contributed by atoms with van der Waals surface area (Å²) in [5.74, 6) is -5.37. The van der Waals surface area contributed by atoms with Gasteiger partial charge in [-0.3, -0.25) is 24.6 Å². The van der Waals surface area contributed by atoms with Gasteiger partial charge in [0.1, 0.15) is 0 Å². The molecule has 53 heavy (non-hydrogen) atoms. The molecule has 2 aliphatic heterocycles. The number of aryl methyl sites for hydroxylation is 2. The lowest BCUT2D eigenvalue weighted by atomic mass is 9.49. The molecule has 0 spiro atoms. The van der Waals surface area contributed by atoms with E-state index in [-0.39, 0.29) is 41.9 Å². The number of hydrazine groups is 1. The molecular formula is C42H38ClN3O7. The van der Waals surface area contributed by atoms with Crippen LogP contribution in [-0.2, 0) is 24.6 Å². The smallest absolute Gasteiger partial charge is 0.260 e. The van der Waals surface area contributed by atoms with Crippen LogP contribution in [0.4, 0.5) is 11.4 Å². The van der Waals surface area contributed by atoms with Gasteiger partial charge in [0.2, 0.25) is 17.6 Å². The minimum absolute atomic E-state index is 0.122. The van der Waals surface area contributed by atoms with Gasteiger partial charge >= 0.3 is 0 Å². The molecule has 2 N–H and O–H groups in total. The molecule has 0 unspecified atom stereocenters. The number of rotatable bonds is 7. The van der Waals surface area contributed by atoms with Crippen molar-refractivity contribution in [2.24, 2.45) is 23.7 Å². The summed E-state index contributed by atoms with van der Waals surface area (Å²) in [6.45, 7) is 3.80. The highest BCUT2D eigenvalue weighted by Gasteiger charge is 2.70. The molecule has 2 saturated heterocycles. The third-order valence-corrected chi connectivity index (χ3v) is 12.0. The van der Waals surface area contributed by atoms with Crippen LogP contribution in [0.2, 0.25) is 5.02 Å². The van der Waals surface area contributed by atoms with Crippen LogP contribution in [0.5, 0.6) is 17.2 Å². The van der Waals surface area contributed by atoms with Gasteiger partial charge in [-0.05, 0) is 85.7 Å². The van der Waals surface area contributed by atoms with Crippen molar-refractivity contribution in [1.29, 1.82) is 0 Å². The molecule has 2 heterocycles. The first kappa shape index (κ1) is 34.5. The number of nitrogens with one attached hydrogen (secondary N) is 1. The molecular weight excluding hydrogens is 694 g/mol. The molecule has 8 rings (SSSR count). The molecule has 0 aromatic heterocycles. The van der Waals surface area contributed by atoms with E-state index in [1.165, 1.54) is 19.1 Å². The molecule has 4 amide bonds. The monoisotopic (exact) mass is 731 g/mol. The second-order valence-electron chi connectivity index (χ2n) is 14.3. The van der Waals surface area contributed by atoms with Crippen LogP contribution >= 0.6 is 11.6 Å². The fraction of sp³-hybridized carbons (Fsp3) is 0.286. The van der Waals surface area contributed by atoms with Gasteiger partial charge in [0.05, 0.1) is 48.8 Å². The number of anilines is 2. The fourth-order valence-corrected chi connectivity index (χ4v) is 9.35. The average molecular weight is 732 g/mol. The van der Waals surface area contributed by atoms with Crippen LogP contribution in [0.15, 0.2) is 96.6 Å². The zero-order chi connectivity index (χ0) is 37.3. The second kappa shape index (κ2) is 12.8. The molecule has 10 nitrogen and oxygen atoms in total. The summed E-state index contributed by atoms with van der Waals surface area (Å²) in [7, 11) is 2.85. The lowest BCUT2D eigenvalue weighted by molar-refractivity contribution is -0.138. The molecule has 11 heteroatoms. The Kier molecular flexibility index (Phi) is 8.33. The number of halogens is 1. The van der Waals surface area contributed by atoms with Crippen LogP contribution in [0.1, 0.15) is 41.0 Å². The third-order valence-electron chi connectivity index (χ3n) is 11.6. The highest BCUT2D eigenvalue weighted by atomic mass is 35.5. The van der Waals surface area contributed by atoms with E-state index in [1.54, 1.807) is 30.3 Å². The maximum absolute atomic E-state index is 15.4. The molecule has 3 fully saturated rings. The van der Waals surface area contributed by atoms with Gasteiger partial charge in [-0.2, -0.15) is 5.01 Å². The molecule has 270 valence electrons. The zero-order valence-corrected chi connectivity index (χ0v) is 30.4. The molecule has 4 aromatic carbocycles. The summed E-state index contributed by atoms with van der Waals surface area (Å²) < 4.78 is 11.2. The van der Waals surface area contributed by atoms with Gasteiger partial charge in [0, 0.05) is 10.9 Å². The first-order valence-corrected chi connectivity index (χ1v) is 17.9. The number of methoxy groups -OCH3 is 2. The van der Waals surface area contributed by atoms with Crippen molar-refractivity contribution >= 4 is 46.6 Å². The normalized spacial score (nSPS) is 26.2. The number of amides is 4. The van der Waals surface area contributed by atoms with E-state index < -0.39 is 46.8 Å². The van der Waals surface area contributed by atoms with Crippen LogP contribution in [0.25, 0.3) is 0 Å². The van der Waals surface area contributed by atoms with Gasteiger partial charge in [-0.15, -0.1) is 0 Å². The molecule has 2 aliphatic carbocycles. The van der Waals surface area contributed by atoms with Crippen molar-refractivity contribution < 1.29 is 33.8 Å². The Morgan fingerprint density at radius 3 is 2.15 bits per heavy atom. The minimum atomic E-state index is -1.49. The van der Waals surface area contributed by atoms with Crippen molar-refractivity contribution in [1.82, 2.24) is 5.01 Å². The van der Waals surface area contributed by atoms with E-state index in [4.69, 9.17) is 21.1 Å². The summed E-state index contributed by atoms with van der Waals surface area (Å²) in [6, 6.07) is 25.1. The Hall–Kier alpha value is -5.61. The number of fused-ring (bicyclic) bond motifs is 4. The predicted molar refractivity (Wildman–Crippen MR) is 199 cm³/mol. The zero-order valence-electron chi connectivity index (χ0n) is 29.6. The van der Waals surface area contributed by atoms with Crippen molar-refractivity contribution in [3.63, 3.8) is 0 Å². The van der Waals surface area contributed by atoms with E-state index >= 15 is 4.79 Å². The summed E-state index contributed by atoms with van der Waals surface area (Å²) in [4.78, 5) is 60.2. The van der Waals surface area contributed by atoms with Gasteiger partial charge in [-0.25, -0.2) is 4.90 Å². The summed E-state index contributed by atoms with van der Waals surface area (Å²) in [5.41, 5.74) is 6.35. The number of carbonyl (C=O) groups is 4. The Labute approximate surface area is 311 Å². The lowest BCUT2D eigenvalue weighted by Crippen LogP contribution is -2.53. The maximum atomic E-state index is 15.4. The van der Waals surface area contributed by atoms with Gasteiger partial charge < -0.3 is 14.6 Å². The second-order valence-corrected chi connectivity index (χ2v) is 14.7. The number of imide groups is 2. The number of hydrogen-bond acceptors (Lipinski definition) is 8. The molecule has 4 aliphatic rings. The van der Waals surface area contributed by atoms with E-state index in [9.17, 15) is 19.5 Å². The van der Waals surface area contributed by atoms with Crippen LogP contribution in [0.3, 0.4) is 0 Å². The van der Waals surface area contributed by atoms with Gasteiger partial charge in [0.25, 0.3) is 11.8 Å². The number of phenolic OH excluding ortho intramolecular Hbond substituents is 1. The number of nitrogens with zero attached hydrogens (tertiary/aromatic N) is 2. The standard InChI is InChI=1S/C42H38ClN3O7/c1-22-10-13-26(14-11-22)44-46-39(49)31-21-30-28(16-17-29-35(30)40(50)45(38(29)48)27-15-12-23(2)32(43)20-27)36(24-18-33(52-3)37(47)34(19-24)53-4)42(31,41(46)51)25-8-6-5-7-9-25/h5-16,18-20,29-31,35-36,44,47H,17,21H2,1-4H3/t29-,30+,31-,35-,36-,42+/m0/s1. The first-order chi connectivity index (χ1) is 25.5. The van der Waals surface area contributed by atoms with E-state index in [2.05, 4.69) is 5.43 Å². The first-order valence-electron chi connectivity index (χ1n) is 17.6. The number of allylic oxidation sites excluding steroid dienone is 2. The molecule has 0 radical (unpaired) electrons. The van der Waals surface area contributed by atoms with Crippen molar-refractivity contribution in [2.75, 3.05) is 24.5 Å². The molecule has 1 saturated carbocycles. The largest absolute Gasteiger partial charge is 0.502 e. The van der Waals surface area contributed by atoms with E-state index in [0.29, 0.717) is 27.5 Å². The Bertz CT molecular complexity index is 2200. The topological polar surface area (TPSA) is 125 Å². The number of aromatic hydroxyl groups is 1. The molecule has 4 aromatic rings. The summed E-state index contributed by atoms with van der Waals surface area (Å²) in [5, 5.41) is 12.5. The van der Waals surface area contributed by atoms with Crippen LogP contribution in [-0.4, -0.2) is 48.0 Å². The molecule has 6 atom stereocenters. The van der Waals surface area contributed by atoms with Crippen LogP contribution in [0, 0.1) is 37.5 Å². The number of hydrogen-bond donors (Lipinski definition) is 2. The Morgan fingerprint density at radius 2 is 1.51 bits per heavy atom. The lowest BCUT2D eigenvalue weighted by Gasteiger charge is -2.50. The van der Waals surface area contributed by atoms with Crippen molar-refractivity contribution in [3.05, 3.63) is 124 Å². The highest BCUT2D eigenvalue weighted by molar-refractivity contribution is 6.32. The number of benzene rings is 4. The quantitative estimate of drug-likeness (QED) is 0.156. The SMILES string of the molecule is COc1cc([C@H]2C3=CC[C@@H]4C(=O)N(c5ccc(C)c(Cl)c5)C(=O)[C@@H]4[C@@H]3C[C@H]3C(=O)N(Nc4ccc(C)cc4)C(=O)[C@@]23c2ccccc2)cc(OC)c1O. The Morgan fingerprint density at radius 1 is 0.830 bits per heavy atom. The van der Waals surface area contributed by atoms with E-state index in [1.807, 2.05) is 74.5 Å². The fourth-order valence-electron chi connectivity index (χ4n) is 9.18. The minimum Gasteiger partial charge on any atom is -0.502 e. The average Bonchev–Trinajstić information content (AvgIpc) is 3.54. The molecule has 0 bridgehead atoms. The number of carbonyl (C=O) groups excluding carboxylic acids is 4. The number of ether oxygens (including phenoxy) is 2. The predicted octanol–water partition coefficient (Wildman–Crippen LogP) is 6.87. The van der Waals surface area contributed by atoms with Crippen LogP contribution < -0.4 is 19.8 Å². The number of phenols is 1. The van der Waals surface area contributed by atoms with E-state index in [0.717, 1.165) is 21.7 Å². The Balaban J connectivity index is 1.34. The van der Waals surface area contributed by atoms with Gasteiger partial charge in [-0.1, -0.05) is 77.3 Å².